The number of ether oxygens (including phenoxy) is 1. The fraction of sp³-hybridized carbons (Fsp3) is 0.192. The van der Waals surface area contributed by atoms with E-state index in [0.717, 1.165) is 5.56 Å². The first-order valence-corrected chi connectivity index (χ1v) is 10.7. The smallest absolute Gasteiger partial charge is 0.295 e. The van der Waals surface area contributed by atoms with E-state index in [4.69, 9.17) is 4.74 Å². The largest absolute Gasteiger partial charge is 0.507 e. The van der Waals surface area contributed by atoms with Crippen molar-refractivity contribution < 1.29 is 19.4 Å². The fourth-order valence-electron chi connectivity index (χ4n) is 3.95. The molecule has 1 saturated heterocycles. The second-order valence-electron chi connectivity index (χ2n) is 7.68. The highest BCUT2D eigenvalue weighted by Crippen LogP contribution is 2.39. The van der Waals surface area contributed by atoms with Crippen molar-refractivity contribution in [3.05, 3.63) is 103 Å². The van der Waals surface area contributed by atoms with Gasteiger partial charge in [0, 0.05) is 31.0 Å². The third-order valence-corrected chi connectivity index (χ3v) is 5.53. The summed E-state index contributed by atoms with van der Waals surface area (Å²) < 4.78 is 7.41. The van der Waals surface area contributed by atoms with Gasteiger partial charge in [-0.2, -0.15) is 0 Å². The van der Waals surface area contributed by atoms with Crippen LogP contribution < -0.4 is 4.74 Å². The van der Waals surface area contributed by atoms with Crippen LogP contribution in [0, 0.1) is 0 Å². The Balaban J connectivity index is 1.66. The van der Waals surface area contributed by atoms with Gasteiger partial charge in [-0.15, -0.1) is 0 Å². The molecule has 2 aromatic carbocycles. The highest BCUT2D eigenvalue weighted by molar-refractivity contribution is 6.46. The van der Waals surface area contributed by atoms with Gasteiger partial charge in [0.25, 0.3) is 11.7 Å². The van der Waals surface area contributed by atoms with Gasteiger partial charge in [-0.05, 0) is 36.2 Å². The number of ketones is 1. The van der Waals surface area contributed by atoms with Gasteiger partial charge in [-0.25, -0.2) is 4.98 Å². The summed E-state index contributed by atoms with van der Waals surface area (Å²) in [6.07, 6.45) is 7.55. The van der Waals surface area contributed by atoms with E-state index in [1.54, 1.807) is 47.8 Å². The first-order chi connectivity index (χ1) is 16.1. The van der Waals surface area contributed by atoms with Crippen LogP contribution in [0.15, 0.2) is 91.5 Å². The number of likely N-dealkylation sites (tertiary alicyclic amines) is 1. The molecule has 1 aromatic heterocycles. The molecule has 1 amide bonds. The average molecular weight is 444 g/mol. The van der Waals surface area contributed by atoms with Crippen LogP contribution in [0.5, 0.6) is 5.75 Å². The third-order valence-electron chi connectivity index (χ3n) is 5.53. The number of amides is 1. The van der Waals surface area contributed by atoms with Crippen LogP contribution in [-0.4, -0.2) is 44.4 Å². The van der Waals surface area contributed by atoms with Crippen LogP contribution in [0.2, 0.25) is 0 Å². The standard InChI is InChI=1S/C26H25N3O4/c1-2-17-33-21-11-9-20(10-12-21)24(30)22-23(19-7-4-3-5-8-19)29(26(32)25(22)31)15-6-14-28-16-13-27-18-28/h2-5,7-13,16,18,23,30H,1,6,14-15,17H2/t23-/m1/s1. The maximum Gasteiger partial charge on any atom is 0.295 e. The number of hydrogen-bond acceptors (Lipinski definition) is 5. The van der Waals surface area contributed by atoms with E-state index in [-0.39, 0.29) is 11.3 Å². The van der Waals surface area contributed by atoms with E-state index >= 15 is 0 Å². The molecular formula is C26H25N3O4. The minimum absolute atomic E-state index is 0.0913. The van der Waals surface area contributed by atoms with Crippen LogP contribution in [0.3, 0.4) is 0 Å². The fourth-order valence-corrected chi connectivity index (χ4v) is 3.95. The highest BCUT2D eigenvalue weighted by atomic mass is 16.5. The lowest BCUT2D eigenvalue weighted by Gasteiger charge is -2.25. The third kappa shape index (κ3) is 4.72. The first kappa shape index (κ1) is 22.1. The minimum Gasteiger partial charge on any atom is -0.507 e. The molecule has 168 valence electrons. The summed E-state index contributed by atoms with van der Waals surface area (Å²) >= 11 is 0. The zero-order valence-electron chi connectivity index (χ0n) is 18.1. The van der Waals surface area contributed by atoms with Crippen molar-refractivity contribution in [3.8, 4) is 5.75 Å². The summed E-state index contributed by atoms with van der Waals surface area (Å²) in [5, 5.41) is 11.1. The lowest BCUT2D eigenvalue weighted by atomic mass is 9.95. The Labute approximate surface area is 192 Å². The van der Waals surface area contributed by atoms with E-state index in [1.807, 2.05) is 41.1 Å². The molecule has 7 nitrogen and oxygen atoms in total. The summed E-state index contributed by atoms with van der Waals surface area (Å²) in [6.45, 7) is 5.01. The molecule has 0 unspecified atom stereocenters. The first-order valence-electron chi connectivity index (χ1n) is 10.7. The topological polar surface area (TPSA) is 84.7 Å². The van der Waals surface area contributed by atoms with E-state index < -0.39 is 17.7 Å². The van der Waals surface area contributed by atoms with Crippen LogP contribution in [0.4, 0.5) is 0 Å². The molecule has 1 aliphatic heterocycles. The van der Waals surface area contributed by atoms with Gasteiger partial charge in [-0.3, -0.25) is 9.59 Å². The normalized spacial score (nSPS) is 17.3. The van der Waals surface area contributed by atoms with E-state index in [2.05, 4.69) is 11.6 Å². The van der Waals surface area contributed by atoms with Crippen LogP contribution in [0.1, 0.15) is 23.6 Å². The summed E-state index contributed by atoms with van der Waals surface area (Å²) in [4.78, 5) is 31.6. The Morgan fingerprint density at radius 3 is 2.52 bits per heavy atom. The van der Waals surface area contributed by atoms with E-state index in [1.165, 1.54) is 0 Å². The predicted octanol–water partition coefficient (Wildman–Crippen LogP) is 3.96. The number of aliphatic hydroxyl groups is 1. The van der Waals surface area contributed by atoms with Gasteiger partial charge in [-0.1, -0.05) is 43.0 Å². The molecule has 1 N–H and O–H groups in total. The number of aliphatic hydroxyl groups excluding tert-OH is 1. The monoisotopic (exact) mass is 443 g/mol. The second kappa shape index (κ2) is 9.99. The number of imidazole rings is 1. The second-order valence-corrected chi connectivity index (χ2v) is 7.68. The molecule has 1 fully saturated rings. The summed E-state index contributed by atoms with van der Waals surface area (Å²) in [5.74, 6) is -0.876. The number of nitrogens with zero attached hydrogens (tertiary/aromatic N) is 3. The molecule has 4 rings (SSSR count). The summed E-state index contributed by atoms with van der Waals surface area (Å²) in [5.41, 5.74) is 1.30. The number of rotatable bonds is 9. The molecule has 3 aromatic rings. The molecule has 1 atom stereocenters. The Kier molecular flexibility index (Phi) is 6.69. The molecule has 7 heteroatoms. The van der Waals surface area contributed by atoms with Gasteiger partial charge in [0.15, 0.2) is 0 Å². The number of carbonyl (C=O) groups is 2. The predicted molar refractivity (Wildman–Crippen MR) is 124 cm³/mol. The van der Waals surface area contributed by atoms with Crippen LogP contribution in [0.25, 0.3) is 5.76 Å². The van der Waals surface area contributed by atoms with Crippen LogP contribution in [-0.2, 0) is 16.1 Å². The van der Waals surface area contributed by atoms with Gasteiger partial charge in [0.1, 0.15) is 18.1 Å². The SMILES string of the molecule is C=CCOc1ccc(C(O)=C2C(=O)C(=O)N(CCCn3ccnc3)[C@@H]2c2ccccc2)cc1. The van der Waals surface area contributed by atoms with Crippen molar-refractivity contribution in [1.82, 2.24) is 14.5 Å². The van der Waals surface area contributed by atoms with Crippen molar-refractivity contribution >= 4 is 17.4 Å². The van der Waals surface area contributed by atoms with E-state index in [9.17, 15) is 14.7 Å². The molecule has 0 radical (unpaired) electrons. The molecule has 0 spiro atoms. The zero-order valence-corrected chi connectivity index (χ0v) is 18.1. The number of benzene rings is 2. The quantitative estimate of drug-likeness (QED) is 0.234. The average Bonchev–Trinajstić information content (AvgIpc) is 3.45. The molecule has 0 bridgehead atoms. The summed E-state index contributed by atoms with van der Waals surface area (Å²) in [7, 11) is 0. The number of carbonyl (C=O) groups excluding carboxylic acids is 2. The number of Topliss-reactive ketones (excluding diaryl/α,β-unsaturated/α-hetero) is 1. The molecular weight excluding hydrogens is 418 g/mol. The number of aromatic nitrogens is 2. The minimum atomic E-state index is -0.684. The summed E-state index contributed by atoms with van der Waals surface area (Å²) in [6, 6.07) is 15.4. The van der Waals surface area contributed by atoms with Crippen molar-refractivity contribution in [2.24, 2.45) is 0 Å². The number of hydrogen-bond donors (Lipinski definition) is 1. The van der Waals surface area contributed by atoms with E-state index in [0.29, 0.717) is 37.4 Å². The van der Waals surface area contributed by atoms with Crippen molar-refractivity contribution in [1.29, 1.82) is 0 Å². The molecule has 33 heavy (non-hydrogen) atoms. The molecule has 1 aliphatic rings. The maximum atomic E-state index is 13.1. The molecule has 0 saturated carbocycles. The van der Waals surface area contributed by atoms with Gasteiger partial charge >= 0.3 is 0 Å². The molecule has 2 heterocycles. The molecule has 0 aliphatic carbocycles. The number of aryl methyl sites for hydroxylation is 1. The van der Waals surface area contributed by atoms with Gasteiger partial charge < -0.3 is 19.3 Å². The van der Waals surface area contributed by atoms with Crippen molar-refractivity contribution in [2.75, 3.05) is 13.2 Å². The Hall–Kier alpha value is -4.13. The van der Waals surface area contributed by atoms with Crippen molar-refractivity contribution in [3.63, 3.8) is 0 Å². The Morgan fingerprint density at radius 1 is 1.09 bits per heavy atom. The maximum absolute atomic E-state index is 13.1. The Bertz CT molecular complexity index is 1150. The van der Waals surface area contributed by atoms with Crippen LogP contribution >= 0.6 is 0 Å². The van der Waals surface area contributed by atoms with Gasteiger partial charge in [0.05, 0.1) is 17.9 Å². The zero-order chi connectivity index (χ0) is 23.2. The van der Waals surface area contributed by atoms with Crippen molar-refractivity contribution in [2.45, 2.75) is 19.0 Å². The van der Waals surface area contributed by atoms with Gasteiger partial charge in [0.2, 0.25) is 0 Å². The Morgan fingerprint density at radius 2 is 1.85 bits per heavy atom. The highest BCUT2D eigenvalue weighted by Gasteiger charge is 2.45. The lowest BCUT2D eigenvalue weighted by molar-refractivity contribution is -0.139. The lowest BCUT2D eigenvalue weighted by Crippen LogP contribution is -2.31.